The molecule has 1 aromatic rings. The van der Waals surface area contributed by atoms with Crippen LogP contribution in [0.25, 0.3) is 0 Å². The molecule has 1 aromatic carbocycles. The lowest BCUT2D eigenvalue weighted by Crippen LogP contribution is -2.27. The second-order valence-corrected chi connectivity index (χ2v) is 10.2. The molecule has 0 aromatic heterocycles. The molecule has 0 spiro atoms. The second-order valence-electron chi connectivity index (χ2n) is 8.47. The van der Waals surface area contributed by atoms with Gasteiger partial charge >= 0.3 is 11.9 Å². The molecule has 0 radical (unpaired) electrons. The molecule has 0 bridgehead atoms. The van der Waals surface area contributed by atoms with Crippen LogP contribution in [0.2, 0.25) is 0 Å². The summed E-state index contributed by atoms with van der Waals surface area (Å²) in [5.41, 5.74) is 0.463. The minimum absolute atomic E-state index is 0.184. The molecule has 0 saturated heterocycles. The van der Waals surface area contributed by atoms with Crippen molar-refractivity contribution >= 4 is 43.8 Å². The van der Waals surface area contributed by atoms with Crippen LogP contribution in [0.15, 0.2) is 21.1 Å². The number of rotatable bonds is 12. The van der Waals surface area contributed by atoms with Crippen LogP contribution in [-0.2, 0) is 9.47 Å². The molecule has 0 heterocycles. The van der Waals surface area contributed by atoms with E-state index in [4.69, 9.17) is 9.47 Å². The maximum Gasteiger partial charge on any atom is 0.339 e. The third-order valence-electron chi connectivity index (χ3n) is 5.19. The fourth-order valence-electron chi connectivity index (χ4n) is 3.15. The van der Waals surface area contributed by atoms with Crippen molar-refractivity contribution in [3.05, 3.63) is 32.2 Å². The lowest BCUT2D eigenvalue weighted by molar-refractivity contribution is 0.0107. The van der Waals surface area contributed by atoms with Gasteiger partial charge in [-0.25, -0.2) is 9.59 Å². The highest BCUT2D eigenvalue weighted by Crippen LogP contribution is 2.29. The Labute approximate surface area is 198 Å². The van der Waals surface area contributed by atoms with Crippen molar-refractivity contribution in [2.45, 2.75) is 92.3 Å². The molecule has 0 amide bonds. The number of carbonyl (C=O) groups is 2. The van der Waals surface area contributed by atoms with Crippen LogP contribution >= 0.6 is 31.9 Å². The molecule has 1 rings (SSSR count). The molecular weight excluding hydrogens is 512 g/mol. The topological polar surface area (TPSA) is 52.6 Å². The highest BCUT2D eigenvalue weighted by atomic mass is 79.9. The summed E-state index contributed by atoms with van der Waals surface area (Å²) in [4.78, 5) is 26.1. The van der Waals surface area contributed by atoms with Crippen molar-refractivity contribution in [2.75, 3.05) is 0 Å². The zero-order chi connectivity index (χ0) is 22.8. The smallest absolute Gasteiger partial charge is 0.339 e. The summed E-state index contributed by atoms with van der Waals surface area (Å²) in [6.45, 7) is 12.4. The number of hydrogen-bond donors (Lipinski definition) is 0. The van der Waals surface area contributed by atoms with E-state index in [1.807, 2.05) is 27.7 Å². The Bertz CT molecular complexity index is 642. The lowest BCUT2D eigenvalue weighted by Gasteiger charge is -2.23. The van der Waals surface area contributed by atoms with Gasteiger partial charge in [0.2, 0.25) is 0 Å². The van der Waals surface area contributed by atoms with Crippen LogP contribution in [0.3, 0.4) is 0 Å². The van der Waals surface area contributed by atoms with Crippen molar-refractivity contribution in [3.8, 4) is 0 Å². The monoisotopic (exact) mass is 546 g/mol. The first-order chi connectivity index (χ1) is 14.1. The molecular formula is C24H36Br2O4. The van der Waals surface area contributed by atoms with Crippen molar-refractivity contribution < 1.29 is 19.1 Å². The Morgan fingerprint density at radius 3 is 1.37 bits per heavy atom. The minimum atomic E-state index is -0.486. The zero-order valence-corrected chi connectivity index (χ0v) is 22.3. The number of carbonyl (C=O) groups excluding carboxylic acids is 2. The zero-order valence-electron chi connectivity index (χ0n) is 19.1. The number of halogens is 2. The third kappa shape index (κ3) is 8.33. The molecule has 0 aliphatic heterocycles. The molecule has 4 nitrogen and oxygen atoms in total. The van der Waals surface area contributed by atoms with E-state index >= 15 is 0 Å². The summed E-state index contributed by atoms with van der Waals surface area (Å²) in [7, 11) is 0. The molecule has 2 atom stereocenters. The van der Waals surface area contributed by atoms with E-state index in [1.54, 1.807) is 12.1 Å². The van der Waals surface area contributed by atoms with Gasteiger partial charge in [0.05, 0.1) is 11.1 Å². The molecule has 0 aliphatic carbocycles. The van der Waals surface area contributed by atoms with E-state index in [9.17, 15) is 9.59 Å². The molecule has 170 valence electrons. The quantitative estimate of drug-likeness (QED) is 0.249. The Morgan fingerprint density at radius 1 is 0.767 bits per heavy atom. The van der Waals surface area contributed by atoms with Gasteiger partial charge in [0.1, 0.15) is 12.2 Å². The maximum atomic E-state index is 13.0. The number of hydrogen-bond acceptors (Lipinski definition) is 4. The average Bonchev–Trinajstić information content (AvgIpc) is 2.69. The SMILES string of the molecule is CCCCC(OC(=O)c1cc(Br)c(Br)cc1C(=O)OC(CCCC)C(C)C)C(C)C. The summed E-state index contributed by atoms with van der Waals surface area (Å²) in [6.07, 6.45) is 5.31. The van der Waals surface area contributed by atoms with Gasteiger partial charge in [-0.05, 0) is 68.7 Å². The average molecular weight is 548 g/mol. The molecule has 30 heavy (non-hydrogen) atoms. The van der Waals surface area contributed by atoms with Crippen LogP contribution < -0.4 is 0 Å². The summed E-state index contributed by atoms with van der Waals surface area (Å²) in [5, 5.41) is 0. The fraction of sp³-hybridized carbons (Fsp3) is 0.667. The molecule has 0 saturated carbocycles. The lowest BCUT2D eigenvalue weighted by atomic mass is 10.0. The Hall–Kier alpha value is -0.880. The van der Waals surface area contributed by atoms with Gasteiger partial charge in [-0.3, -0.25) is 0 Å². The largest absolute Gasteiger partial charge is 0.458 e. The van der Waals surface area contributed by atoms with Crippen molar-refractivity contribution in [1.29, 1.82) is 0 Å². The summed E-state index contributed by atoms with van der Waals surface area (Å²) < 4.78 is 13.0. The van der Waals surface area contributed by atoms with Gasteiger partial charge < -0.3 is 9.47 Å². The highest BCUT2D eigenvalue weighted by molar-refractivity contribution is 9.13. The van der Waals surface area contributed by atoms with E-state index in [0.29, 0.717) is 8.95 Å². The van der Waals surface area contributed by atoms with Crippen LogP contribution in [0, 0.1) is 11.8 Å². The standard InChI is InChI=1S/C24H36Br2O4/c1-7-9-11-21(15(3)4)29-23(27)17-13-19(25)20(26)14-18(17)24(28)30-22(16(5)6)12-10-8-2/h13-16,21-22H,7-12H2,1-6H3. The van der Waals surface area contributed by atoms with Crippen LogP contribution in [0.4, 0.5) is 0 Å². The number of unbranched alkanes of at least 4 members (excludes halogenated alkanes) is 2. The summed E-state index contributed by atoms with van der Waals surface area (Å²) in [5.74, 6) is -0.567. The van der Waals surface area contributed by atoms with E-state index in [1.165, 1.54) is 0 Å². The first kappa shape index (κ1) is 27.2. The van der Waals surface area contributed by atoms with E-state index in [2.05, 4.69) is 45.7 Å². The molecule has 0 N–H and O–H groups in total. The summed E-state index contributed by atoms with van der Waals surface area (Å²) in [6, 6.07) is 3.27. The Morgan fingerprint density at radius 2 is 1.10 bits per heavy atom. The van der Waals surface area contributed by atoms with Crippen molar-refractivity contribution in [1.82, 2.24) is 0 Å². The third-order valence-corrected chi connectivity index (χ3v) is 7.03. The number of benzene rings is 1. The van der Waals surface area contributed by atoms with E-state index in [0.717, 1.165) is 38.5 Å². The first-order valence-corrected chi connectivity index (χ1v) is 12.6. The fourth-order valence-corrected chi connectivity index (χ4v) is 3.84. The van der Waals surface area contributed by atoms with E-state index in [-0.39, 0.29) is 35.2 Å². The number of ether oxygens (including phenoxy) is 2. The van der Waals surface area contributed by atoms with Crippen molar-refractivity contribution in [2.24, 2.45) is 11.8 Å². The van der Waals surface area contributed by atoms with Crippen LogP contribution in [-0.4, -0.2) is 24.1 Å². The summed E-state index contributed by atoms with van der Waals surface area (Å²) >= 11 is 6.87. The van der Waals surface area contributed by atoms with E-state index < -0.39 is 11.9 Å². The van der Waals surface area contributed by atoms with Gasteiger partial charge in [-0.2, -0.15) is 0 Å². The maximum absolute atomic E-state index is 13.0. The van der Waals surface area contributed by atoms with Gasteiger partial charge in [0.15, 0.2) is 0 Å². The van der Waals surface area contributed by atoms with Gasteiger partial charge in [0.25, 0.3) is 0 Å². The predicted octanol–water partition coefficient (Wildman–Crippen LogP) is 7.95. The molecule has 6 heteroatoms. The molecule has 0 aliphatic rings. The normalized spacial score (nSPS) is 13.4. The highest BCUT2D eigenvalue weighted by Gasteiger charge is 2.27. The van der Waals surface area contributed by atoms with Crippen LogP contribution in [0.1, 0.15) is 101 Å². The minimum Gasteiger partial charge on any atom is -0.458 e. The Kier molecular flexibility index (Phi) is 12.2. The van der Waals surface area contributed by atoms with Gasteiger partial charge in [0, 0.05) is 8.95 Å². The molecule has 2 unspecified atom stereocenters. The predicted molar refractivity (Wildman–Crippen MR) is 129 cm³/mol. The van der Waals surface area contributed by atoms with Crippen molar-refractivity contribution in [3.63, 3.8) is 0 Å². The molecule has 0 fully saturated rings. The van der Waals surface area contributed by atoms with Gasteiger partial charge in [-0.15, -0.1) is 0 Å². The van der Waals surface area contributed by atoms with Gasteiger partial charge in [-0.1, -0.05) is 67.2 Å². The Balaban J connectivity index is 3.16. The first-order valence-electron chi connectivity index (χ1n) is 11.0. The number of esters is 2. The second kappa shape index (κ2) is 13.5. The van der Waals surface area contributed by atoms with Crippen LogP contribution in [0.5, 0.6) is 0 Å².